The molecule has 2 N–H and O–H groups in total. The molecule has 0 saturated carbocycles. The van der Waals surface area contributed by atoms with E-state index in [9.17, 15) is 9.18 Å². The molecule has 0 saturated heterocycles. The van der Waals surface area contributed by atoms with Gasteiger partial charge in [-0.05, 0) is 34.1 Å². The van der Waals surface area contributed by atoms with Gasteiger partial charge in [-0.3, -0.25) is 4.79 Å². The van der Waals surface area contributed by atoms with E-state index >= 15 is 0 Å². The summed E-state index contributed by atoms with van der Waals surface area (Å²) in [5, 5.41) is 0. The van der Waals surface area contributed by atoms with Crippen molar-refractivity contribution in [1.82, 2.24) is 4.98 Å². The lowest BCUT2D eigenvalue weighted by Gasteiger charge is -2.06. The van der Waals surface area contributed by atoms with Crippen LogP contribution in [0.4, 0.5) is 4.39 Å². The quantitative estimate of drug-likeness (QED) is 0.948. The molecule has 0 aliphatic carbocycles. The van der Waals surface area contributed by atoms with Crippen molar-refractivity contribution in [3.05, 3.63) is 52.4 Å². The topological polar surface area (TPSA) is 65.2 Å². The summed E-state index contributed by atoms with van der Waals surface area (Å²) in [5.41, 5.74) is 5.18. The Morgan fingerprint density at radius 1 is 1.33 bits per heavy atom. The highest BCUT2D eigenvalue weighted by atomic mass is 79.9. The first-order chi connectivity index (χ1) is 8.56. The highest BCUT2D eigenvalue weighted by Gasteiger charge is 2.06. The summed E-state index contributed by atoms with van der Waals surface area (Å²) in [4.78, 5) is 14.8. The molecule has 1 heterocycles. The summed E-state index contributed by atoms with van der Waals surface area (Å²) in [7, 11) is 0. The van der Waals surface area contributed by atoms with Gasteiger partial charge in [-0.1, -0.05) is 6.07 Å². The predicted octanol–water partition coefficient (Wildman–Crippen LogP) is 2.87. The summed E-state index contributed by atoms with van der Waals surface area (Å²) in [5.74, 6) is -0.640. The van der Waals surface area contributed by atoms with Crippen molar-refractivity contribution in [3.8, 4) is 11.6 Å². The number of amides is 1. The van der Waals surface area contributed by atoms with Gasteiger partial charge in [-0.25, -0.2) is 9.37 Å². The number of rotatable bonds is 3. The Labute approximate surface area is 111 Å². The second-order valence-corrected chi connectivity index (χ2v) is 4.26. The monoisotopic (exact) mass is 310 g/mol. The molecular formula is C12H8BrFN2O2. The van der Waals surface area contributed by atoms with Crippen LogP contribution in [-0.4, -0.2) is 10.9 Å². The zero-order chi connectivity index (χ0) is 13.1. The third kappa shape index (κ3) is 2.84. The zero-order valence-corrected chi connectivity index (χ0v) is 10.6. The van der Waals surface area contributed by atoms with Gasteiger partial charge in [0, 0.05) is 12.1 Å². The van der Waals surface area contributed by atoms with Crippen LogP contribution in [0.25, 0.3) is 0 Å². The summed E-state index contributed by atoms with van der Waals surface area (Å²) >= 11 is 3.04. The molecule has 1 aromatic carbocycles. The predicted molar refractivity (Wildman–Crippen MR) is 66.9 cm³/mol. The SMILES string of the molecule is NC(=O)c1cccc(Oc2ccc(Br)c(F)c2)n1. The van der Waals surface area contributed by atoms with E-state index in [4.69, 9.17) is 10.5 Å². The van der Waals surface area contributed by atoms with Gasteiger partial charge in [0.15, 0.2) is 0 Å². The maximum Gasteiger partial charge on any atom is 0.267 e. The lowest BCUT2D eigenvalue weighted by molar-refractivity contribution is 0.0995. The lowest BCUT2D eigenvalue weighted by atomic mass is 10.3. The molecule has 0 atom stereocenters. The molecule has 1 amide bonds. The Bertz CT molecular complexity index is 604. The van der Waals surface area contributed by atoms with E-state index in [1.165, 1.54) is 18.2 Å². The molecule has 1 aromatic heterocycles. The number of hydrogen-bond acceptors (Lipinski definition) is 3. The highest BCUT2D eigenvalue weighted by Crippen LogP contribution is 2.24. The van der Waals surface area contributed by atoms with Gasteiger partial charge in [0.05, 0.1) is 4.47 Å². The molecule has 0 aliphatic rings. The largest absolute Gasteiger partial charge is 0.439 e. The molecule has 4 nitrogen and oxygen atoms in total. The van der Waals surface area contributed by atoms with Crippen LogP contribution >= 0.6 is 15.9 Å². The Hall–Kier alpha value is -1.95. The van der Waals surface area contributed by atoms with Crippen molar-refractivity contribution in [3.63, 3.8) is 0 Å². The Morgan fingerprint density at radius 2 is 2.11 bits per heavy atom. The maximum absolute atomic E-state index is 13.3. The molecule has 0 unspecified atom stereocenters. The summed E-state index contributed by atoms with van der Waals surface area (Å²) < 4.78 is 18.9. The van der Waals surface area contributed by atoms with E-state index in [-0.39, 0.29) is 17.3 Å². The molecule has 18 heavy (non-hydrogen) atoms. The van der Waals surface area contributed by atoms with Gasteiger partial charge in [0.25, 0.3) is 5.91 Å². The summed E-state index contributed by atoms with van der Waals surface area (Å²) in [6, 6.07) is 8.90. The molecule has 6 heteroatoms. The van der Waals surface area contributed by atoms with Crippen LogP contribution in [0, 0.1) is 5.82 Å². The smallest absolute Gasteiger partial charge is 0.267 e. The number of benzene rings is 1. The first kappa shape index (κ1) is 12.5. The minimum Gasteiger partial charge on any atom is -0.439 e. The van der Waals surface area contributed by atoms with Gasteiger partial charge in [0.2, 0.25) is 5.88 Å². The second-order valence-electron chi connectivity index (χ2n) is 3.40. The van der Waals surface area contributed by atoms with Gasteiger partial charge in [-0.15, -0.1) is 0 Å². The van der Waals surface area contributed by atoms with Crippen LogP contribution in [0.2, 0.25) is 0 Å². The van der Waals surface area contributed by atoms with Crippen molar-refractivity contribution in [2.45, 2.75) is 0 Å². The minimum absolute atomic E-state index is 0.0880. The van der Waals surface area contributed by atoms with Crippen LogP contribution in [0.3, 0.4) is 0 Å². The fourth-order valence-corrected chi connectivity index (χ4v) is 1.52. The Balaban J connectivity index is 2.25. The van der Waals surface area contributed by atoms with E-state index in [0.29, 0.717) is 4.47 Å². The lowest BCUT2D eigenvalue weighted by Crippen LogP contribution is -2.12. The molecule has 0 bridgehead atoms. The average molecular weight is 311 g/mol. The van der Waals surface area contributed by atoms with E-state index in [2.05, 4.69) is 20.9 Å². The average Bonchev–Trinajstić information content (AvgIpc) is 2.34. The minimum atomic E-state index is -0.651. The van der Waals surface area contributed by atoms with Crippen LogP contribution < -0.4 is 10.5 Å². The molecule has 2 aromatic rings. The molecule has 0 spiro atoms. The van der Waals surface area contributed by atoms with Crippen LogP contribution in [-0.2, 0) is 0 Å². The van der Waals surface area contributed by atoms with E-state index in [1.54, 1.807) is 18.2 Å². The van der Waals surface area contributed by atoms with Crippen molar-refractivity contribution in [2.75, 3.05) is 0 Å². The Morgan fingerprint density at radius 3 is 2.78 bits per heavy atom. The van der Waals surface area contributed by atoms with E-state index < -0.39 is 11.7 Å². The zero-order valence-electron chi connectivity index (χ0n) is 9.06. The fourth-order valence-electron chi connectivity index (χ4n) is 1.27. The summed E-state index contributed by atoms with van der Waals surface area (Å²) in [6.07, 6.45) is 0. The molecule has 2 rings (SSSR count). The van der Waals surface area contributed by atoms with Gasteiger partial charge in [0.1, 0.15) is 17.3 Å². The number of halogens is 2. The summed E-state index contributed by atoms with van der Waals surface area (Å²) in [6.45, 7) is 0. The van der Waals surface area contributed by atoms with Crippen LogP contribution in [0.1, 0.15) is 10.5 Å². The highest BCUT2D eigenvalue weighted by molar-refractivity contribution is 9.10. The van der Waals surface area contributed by atoms with Crippen LogP contribution in [0.5, 0.6) is 11.6 Å². The molecule has 92 valence electrons. The number of nitrogens with zero attached hydrogens (tertiary/aromatic N) is 1. The van der Waals surface area contributed by atoms with Gasteiger partial charge in [-0.2, -0.15) is 0 Å². The number of hydrogen-bond donors (Lipinski definition) is 1. The number of aromatic nitrogens is 1. The van der Waals surface area contributed by atoms with Gasteiger partial charge >= 0.3 is 0 Å². The third-order valence-electron chi connectivity index (χ3n) is 2.09. The number of ether oxygens (including phenoxy) is 1. The number of primary amides is 1. The molecule has 0 aliphatic heterocycles. The van der Waals surface area contributed by atoms with Crippen LogP contribution in [0.15, 0.2) is 40.9 Å². The van der Waals surface area contributed by atoms with E-state index in [1.807, 2.05) is 0 Å². The first-order valence-electron chi connectivity index (χ1n) is 4.96. The maximum atomic E-state index is 13.3. The first-order valence-corrected chi connectivity index (χ1v) is 5.75. The standard InChI is InChI=1S/C12H8BrFN2O2/c13-8-5-4-7(6-9(8)14)18-11-3-1-2-10(16-11)12(15)17/h1-6H,(H2,15,17). The van der Waals surface area contributed by atoms with Gasteiger partial charge < -0.3 is 10.5 Å². The second kappa shape index (κ2) is 5.14. The fraction of sp³-hybridized carbons (Fsp3) is 0. The molecule has 0 fully saturated rings. The third-order valence-corrected chi connectivity index (χ3v) is 2.73. The number of pyridine rings is 1. The Kier molecular flexibility index (Phi) is 3.57. The van der Waals surface area contributed by atoms with Crippen molar-refractivity contribution in [1.29, 1.82) is 0 Å². The van der Waals surface area contributed by atoms with Crippen molar-refractivity contribution >= 4 is 21.8 Å². The normalized spacial score (nSPS) is 10.1. The molecule has 0 radical (unpaired) electrons. The number of nitrogens with two attached hydrogens (primary N) is 1. The number of carbonyl (C=O) groups excluding carboxylic acids is 1. The molecular weight excluding hydrogens is 303 g/mol. The van der Waals surface area contributed by atoms with E-state index in [0.717, 1.165) is 0 Å². The number of carbonyl (C=O) groups is 1. The van der Waals surface area contributed by atoms with Crippen molar-refractivity contribution in [2.24, 2.45) is 5.73 Å². The van der Waals surface area contributed by atoms with Crippen molar-refractivity contribution < 1.29 is 13.9 Å².